The quantitative estimate of drug-likeness (QED) is 0.677. The van der Waals surface area contributed by atoms with Crippen LogP contribution in [0.15, 0.2) is 18.3 Å². The standard InChI is InChI=1S/C14H15ClN4OS/c1-3-9-7-16-13(21-9)8-19-11(6-15)17-10-4-5-12(20-2)18-14(10)19/h4-5,7H,3,6,8H2,1-2H3. The van der Waals surface area contributed by atoms with E-state index in [-0.39, 0.29) is 0 Å². The van der Waals surface area contributed by atoms with Gasteiger partial charge in [-0.25, -0.2) is 9.97 Å². The first kappa shape index (κ1) is 14.3. The second-order valence-corrected chi connectivity index (χ2v) is 5.99. The number of imidazole rings is 1. The maximum Gasteiger partial charge on any atom is 0.215 e. The Hall–Kier alpha value is -1.66. The molecule has 7 heteroatoms. The summed E-state index contributed by atoms with van der Waals surface area (Å²) in [5.74, 6) is 1.70. The van der Waals surface area contributed by atoms with Gasteiger partial charge in [0.2, 0.25) is 5.88 Å². The Morgan fingerprint density at radius 1 is 1.33 bits per heavy atom. The maximum atomic E-state index is 6.02. The van der Waals surface area contributed by atoms with Crippen molar-refractivity contribution in [3.05, 3.63) is 34.0 Å². The van der Waals surface area contributed by atoms with Crippen molar-refractivity contribution in [2.75, 3.05) is 7.11 Å². The molecule has 110 valence electrons. The molecule has 3 aromatic rings. The van der Waals surface area contributed by atoms with Crippen LogP contribution in [0.1, 0.15) is 22.6 Å². The largest absolute Gasteiger partial charge is 0.481 e. The predicted molar refractivity (Wildman–Crippen MR) is 84.2 cm³/mol. The van der Waals surface area contributed by atoms with E-state index in [2.05, 4.69) is 21.9 Å². The van der Waals surface area contributed by atoms with E-state index < -0.39 is 0 Å². The molecule has 0 aromatic carbocycles. The molecule has 0 radical (unpaired) electrons. The molecule has 3 heterocycles. The Bertz CT molecular complexity index is 768. The van der Waals surface area contributed by atoms with Crippen molar-refractivity contribution < 1.29 is 4.74 Å². The third-order valence-corrected chi connectivity index (χ3v) is 4.58. The monoisotopic (exact) mass is 322 g/mol. The molecule has 21 heavy (non-hydrogen) atoms. The lowest BCUT2D eigenvalue weighted by Crippen LogP contribution is -2.04. The number of nitrogens with zero attached hydrogens (tertiary/aromatic N) is 4. The Morgan fingerprint density at radius 2 is 2.19 bits per heavy atom. The molecule has 0 saturated heterocycles. The van der Waals surface area contributed by atoms with Crippen molar-refractivity contribution in [2.45, 2.75) is 25.8 Å². The molecular formula is C14H15ClN4OS. The van der Waals surface area contributed by atoms with E-state index in [1.807, 2.05) is 16.8 Å². The predicted octanol–water partition coefficient (Wildman–Crippen LogP) is 3.25. The van der Waals surface area contributed by atoms with Crippen LogP contribution in [0.25, 0.3) is 11.2 Å². The van der Waals surface area contributed by atoms with Gasteiger partial charge in [-0.15, -0.1) is 22.9 Å². The smallest absolute Gasteiger partial charge is 0.215 e. The SMILES string of the molecule is CCc1cnc(Cn2c(CCl)nc3ccc(OC)nc32)s1. The van der Waals surface area contributed by atoms with Crippen molar-refractivity contribution in [1.29, 1.82) is 0 Å². The van der Waals surface area contributed by atoms with Crippen LogP contribution >= 0.6 is 22.9 Å². The lowest BCUT2D eigenvalue weighted by Gasteiger charge is -2.05. The van der Waals surface area contributed by atoms with Crippen LogP contribution in [-0.2, 0) is 18.8 Å². The number of thiazole rings is 1. The molecule has 0 amide bonds. The maximum absolute atomic E-state index is 6.02. The number of alkyl halides is 1. The Balaban J connectivity index is 2.05. The summed E-state index contributed by atoms with van der Waals surface area (Å²) in [7, 11) is 1.60. The third-order valence-electron chi connectivity index (χ3n) is 3.22. The Morgan fingerprint density at radius 3 is 2.86 bits per heavy atom. The number of fused-ring (bicyclic) bond motifs is 1. The number of aromatic nitrogens is 4. The molecule has 0 saturated carbocycles. The summed E-state index contributed by atoms with van der Waals surface area (Å²) >= 11 is 7.72. The van der Waals surface area contributed by atoms with E-state index in [1.165, 1.54) is 4.88 Å². The number of aryl methyl sites for hydroxylation is 1. The average Bonchev–Trinajstić information content (AvgIpc) is 3.11. The molecule has 3 rings (SSSR count). The molecule has 0 aliphatic heterocycles. The number of hydrogen-bond donors (Lipinski definition) is 0. The van der Waals surface area contributed by atoms with Crippen molar-refractivity contribution in [1.82, 2.24) is 19.5 Å². The van der Waals surface area contributed by atoms with Crippen molar-refractivity contribution >= 4 is 34.1 Å². The zero-order valence-electron chi connectivity index (χ0n) is 11.8. The molecule has 3 aromatic heterocycles. The van der Waals surface area contributed by atoms with Gasteiger partial charge in [-0.05, 0) is 12.5 Å². The number of rotatable bonds is 5. The van der Waals surface area contributed by atoms with Crippen LogP contribution in [0, 0.1) is 0 Å². The van der Waals surface area contributed by atoms with Gasteiger partial charge in [0.05, 0.1) is 19.5 Å². The summed E-state index contributed by atoms with van der Waals surface area (Å²) in [6, 6.07) is 3.70. The lowest BCUT2D eigenvalue weighted by atomic mass is 10.4. The topological polar surface area (TPSA) is 52.8 Å². The molecular weight excluding hydrogens is 308 g/mol. The fourth-order valence-corrected chi connectivity index (χ4v) is 3.19. The third kappa shape index (κ3) is 2.73. The normalized spacial score (nSPS) is 11.2. The molecule has 5 nitrogen and oxygen atoms in total. The van der Waals surface area contributed by atoms with Gasteiger partial charge in [0.15, 0.2) is 5.65 Å². The fraction of sp³-hybridized carbons (Fsp3) is 0.357. The summed E-state index contributed by atoms with van der Waals surface area (Å²) in [5, 5.41) is 1.03. The van der Waals surface area contributed by atoms with E-state index in [0.717, 1.165) is 28.4 Å². The highest BCUT2D eigenvalue weighted by molar-refractivity contribution is 7.11. The van der Waals surface area contributed by atoms with E-state index in [4.69, 9.17) is 16.3 Å². The second kappa shape index (κ2) is 5.99. The van der Waals surface area contributed by atoms with Gasteiger partial charge in [0, 0.05) is 17.1 Å². The summed E-state index contributed by atoms with van der Waals surface area (Å²) in [6.07, 6.45) is 2.92. The van der Waals surface area contributed by atoms with Gasteiger partial charge in [0.1, 0.15) is 16.3 Å². The molecule has 0 unspecified atom stereocenters. The van der Waals surface area contributed by atoms with Crippen molar-refractivity contribution in [3.63, 3.8) is 0 Å². The molecule has 0 aliphatic carbocycles. The summed E-state index contributed by atoms with van der Waals surface area (Å²) in [5.41, 5.74) is 1.59. The average molecular weight is 323 g/mol. The summed E-state index contributed by atoms with van der Waals surface area (Å²) in [6.45, 7) is 2.75. The van der Waals surface area contributed by atoms with Crippen LogP contribution in [0.2, 0.25) is 0 Å². The highest BCUT2D eigenvalue weighted by atomic mass is 35.5. The fourth-order valence-electron chi connectivity index (χ4n) is 2.13. The van der Waals surface area contributed by atoms with Gasteiger partial charge in [-0.2, -0.15) is 4.98 Å². The number of pyridine rings is 1. The van der Waals surface area contributed by atoms with Crippen LogP contribution in [0.4, 0.5) is 0 Å². The molecule has 0 bridgehead atoms. The number of hydrogen-bond acceptors (Lipinski definition) is 5. The first-order valence-electron chi connectivity index (χ1n) is 6.64. The molecule has 0 N–H and O–H groups in total. The van der Waals surface area contributed by atoms with Gasteiger partial charge in [-0.1, -0.05) is 6.92 Å². The van der Waals surface area contributed by atoms with Crippen molar-refractivity contribution in [3.8, 4) is 5.88 Å². The number of ether oxygens (including phenoxy) is 1. The molecule has 0 atom stereocenters. The zero-order chi connectivity index (χ0) is 14.8. The lowest BCUT2D eigenvalue weighted by molar-refractivity contribution is 0.399. The molecule has 0 fully saturated rings. The highest BCUT2D eigenvalue weighted by Gasteiger charge is 2.14. The molecule has 0 aliphatic rings. The van der Waals surface area contributed by atoms with E-state index in [0.29, 0.717) is 18.3 Å². The number of halogens is 1. The van der Waals surface area contributed by atoms with Crippen LogP contribution < -0.4 is 4.74 Å². The minimum Gasteiger partial charge on any atom is -0.481 e. The van der Waals surface area contributed by atoms with Gasteiger partial charge >= 0.3 is 0 Å². The minimum absolute atomic E-state index is 0.338. The van der Waals surface area contributed by atoms with Crippen molar-refractivity contribution in [2.24, 2.45) is 0 Å². The first-order valence-corrected chi connectivity index (χ1v) is 8.00. The van der Waals surface area contributed by atoms with Crippen LogP contribution in [-0.4, -0.2) is 26.6 Å². The Labute approximate surface area is 131 Å². The van der Waals surface area contributed by atoms with Crippen LogP contribution in [0.3, 0.4) is 0 Å². The second-order valence-electron chi connectivity index (χ2n) is 4.52. The minimum atomic E-state index is 0.338. The van der Waals surface area contributed by atoms with Gasteiger partial charge < -0.3 is 9.30 Å². The van der Waals surface area contributed by atoms with E-state index in [1.54, 1.807) is 24.5 Å². The van der Waals surface area contributed by atoms with Gasteiger partial charge in [0.25, 0.3) is 0 Å². The first-order chi connectivity index (χ1) is 10.2. The summed E-state index contributed by atoms with van der Waals surface area (Å²) < 4.78 is 7.20. The summed E-state index contributed by atoms with van der Waals surface area (Å²) in [4.78, 5) is 14.7. The zero-order valence-corrected chi connectivity index (χ0v) is 13.4. The van der Waals surface area contributed by atoms with Crippen LogP contribution in [0.5, 0.6) is 5.88 Å². The van der Waals surface area contributed by atoms with Gasteiger partial charge in [-0.3, -0.25) is 0 Å². The van der Waals surface area contributed by atoms with E-state index >= 15 is 0 Å². The highest BCUT2D eigenvalue weighted by Crippen LogP contribution is 2.22. The number of methoxy groups -OCH3 is 1. The van der Waals surface area contributed by atoms with E-state index in [9.17, 15) is 0 Å². The Kier molecular flexibility index (Phi) is 4.07. The molecule has 0 spiro atoms.